The lowest BCUT2D eigenvalue weighted by atomic mass is 10.0. The molecule has 0 radical (unpaired) electrons. The maximum absolute atomic E-state index is 14.4. The third-order valence-corrected chi connectivity index (χ3v) is 14.7. The molecule has 2 fully saturated rings. The number of thioether (sulfide) groups is 1. The molecule has 2 heterocycles. The van der Waals surface area contributed by atoms with Crippen molar-refractivity contribution in [2.75, 3.05) is 36.1 Å². The van der Waals surface area contributed by atoms with Crippen LogP contribution >= 0.6 is 33.3 Å². The molecule has 0 aliphatic carbocycles. The van der Waals surface area contributed by atoms with Crippen LogP contribution in [0, 0.1) is 0 Å². The molecule has 4 rings (SSSR count). The summed E-state index contributed by atoms with van der Waals surface area (Å²) in [5, 5.41) is 62.7. The number of hydrogen-bond donors (Lipinski definition) is 14. The maximum atomic E-state index is 14.4. The Hall–Kier alpha value is -7.60. The number of fused-ring (bicyclic) bond motifs is 5. The van der Waals surface area contributed by atoms with E-state index in [1.165, 1.54) is 24.3 Å². The van der Waals surface area contributed by atoms with Gasteiger partial charge in [-0.2, -0.15) is 0 Å². The van der Waals surface area contributed by atoms with Crippen molar-refractivity contribution in [1.29, 1.82) is 0 Å². The fraction of sp³-hybridized carbons (Fsp3) is 0.468. The maximum Gasteiger partial charge on any atom is 0.322 e. The largest absolute Gasteiger partial charge is 0.508 e. The minimum absolute atomic E-state index is 0.00525. The molecule has 77 heavy (non-hydrogen) atoms. The third kappa shape index (κ3) is 21.9. The first kappa shape index (κ1) is 61.9. The predicted molar refractivity (Wildman–Crippen MR) is 277 cm³/mol. The Balaban J connectivity index is 1.86. The summed E-state index contributed by atoms with van der Waals surface area (Å²) in [6, 6.07) is 0.397. The van der Waals surface area contributed by atoms with Crippen LogP contribution in [-0.2, 0) is 75.2 Å². The van der Waals surface area contributed by atoms with Crippen molar-refractivity contribution in [3.05, 3.63) is 65.7 Å². The number of unbranched alkanes of at least 4 members (excludes halogenated alkanes) is 1. The van der Waals surface area contributed by atoms with Gasteiger partial charge in [0.1, 0.15) is 60.6 Å². The monoisotopic (exact) mass is 1130 g/mol. The van der Waals surface area contributed by atoms with Crippen LogP contribution in [-0.4, -0.2) is 182 Å². The fourth-order valence-electron chi connectivity index (χ4n) is 7.32. The van der Waals surface area contributed by atoms with Crippen molar-refractivity contribution in [2.24, 2.45) is 0 Å². The van der Waals surface area contributed by atoms with Crippen molar-refractivity contribution >= 4 is 110 Å². The van der Waals surface area contributed by atoms with Gasteiger partial charge in [0.15, 0.2) is 0 Å². The molecule has 27 nitrogen and oxygen atoms in total. The summed E-state index contributed by atoms with van der Waals surface area (Å²) in [5.41, 5.74) is 0.849. The zero-order valence-corrected chi connectivity index (χ0v) is 43.8. The van der Waals surface area contributed by atoms with Crippen molar-refractivity contribution in [2.45, 2.75) is 100 Å². The fourth-order valence-corrected chi connectivity index (χ4v) is 10.5. The van der Waals surface area contributed by atoms with Gasteiger partial charge < -0.3 is 73.6 Å². The van der Waals surface area contributed by atoms with E-state index in [0.29, 0.717) is 24.0 Å². The zero-order valence-electron chi connectivity index (χ0n) is 41.3. The Labute approximate surface area is 452 Å². The normalized spacial score (nSPS) is 24.2. The first-order valence-corrected chi connectivity index (χ1v) is 27.5. The number of rotatable bonds is 14. The van der Waals surface area contributed by atoms with Crippen LogP contribution in [0.15, 0.2) is 54.6 Å². The van der Waals surface area contributed by atoms with Gasteiger partial charge in [-0.05, 0) is 29.7 Å². The van der Waals surface area contributed by atoms with Crippen LogP contribution in [0.25, 0.3) is 0 Å². The van der Waals surface area contributed by atoms with E-state index < -0.39 is 174 Å². The van der Waals surface area contributed by atoms with Crippen molar-refractivity contribution in [3.8, 4) is 5.75 Å². The molecule has 8 atom stereocenters. The molecule has 2 aliphatic heterocycles. The number of aromatic hydroxyl groups is 1. The smallest absolute Gasteiger partial charge is 0.322 e. The second-order valence-corrected chi connectivity index (χ2v) is 21.0. The summed E-state index contributed by atoms with van der Waals surface area (Å²) < 4.78 is 0. The van der Waals surface area contributed by atoms with Crippen LogP contribution in [0.3, 0.4) is 0 Å². The molecule has 2 aromatic rings. The average Bonchev–Trinajstić information content (AvgIpc) is 3.37. The average molecular weight is 1130 g/mol. The molecule has 0 saturated carbocycles. The molecule has 2 aromatic carbocycles. The van der Waals surface area contributed by atoms with Gasteiger partial charge in [-0.15, -0.1) is 11.8 Å². The summed E-state index contributed by atoms with van der Waals surface area (Å²) >= 11 is 0.736. The molecule has 8 unspecified atom stereocenters. The molecule has 10 amide bonds. The number of benzene rings is 2. The summed E-state index contributed by atoms with van der Waals surface area (Å²) in [6.07, 6.45) is -1.73. The van der Waals surface area contributed by atoms with Gasteiger partial charge in [-0.1, -0.05) is 83.8 Å². The number of hydrogen-bond acceptors (Lipinski definition) is 17. The highest BCUT2D eigenvalue weighted by Gasteiger charge is 2.36. The van der Waals surface area contributed by atoms with E-state index in [1.54, 1.807) is 37.3 Å². The van der Waals surface area contributed by atoms with E-state index in [2.05, 4.69) is 53.2 Å². The van der Waals surface area contributed by atoms with Gasteiger partial charge in [-0.3, -0.25) is 62.3 Å². The quantitative estimate of drug-likeness (QED) is 0.0822. The first-order chi connectivity index (χ1) is 36.6. The second-order valence-electron chi connectivity index (χ2n) is 17.4. The zero-order chi connectivity index (χ0) is 56.6. The molecule has 0 aromatic heterocycles. The number of carbonyl (C=O) groups is 13. The Morgan fingerprint density at radius 2 is 1.04 bits per heavy atom. The van der Waals surface area contributed by atoms with E-state index >= 15 is 0 Å². The molecule has 14 N–H and O–H groups in total. The van der Waals surface area contributed by atoms with E-state index in [1.807, 2.05) is 0 Å². The molecule has 418 valence electrons. The summed E-state index contributed by atoms with van der Waals surface area (Å²) in [6.45, 7) is 0.0539. The number of carbonyl (C=O) groups excluding carboxylic acids is 10. The Morgan fingerprint density at radius 3 is 1.60 bits per heavy atom. The van der Waals surface area contributed by atoms with Crippen LogP contribution < -0.4 is 53.2 Å². The van der Waals surface area contributed by atoms with Gasteiger partial charge in [0, 0.05) is 30.1 Å². The van der Waals surface area contributed by atoms with E-state index in [4.69, 9.17) is 0 Å². The number of aliphatic carboxylic acids is 3. The molecule has 0 spiro atoms. The van der Waals surface area contributed by atoms with Crippen molar-refractivity contribution in [1.82, 2.24) is 53.2 Å². The van der Waals surface area contributed by atoms with E-state index in [9.17, 15) is 82.8 Å². The Bertz CT molecular complexity index is 2490. The number of nitrogens with one attached hydrogen (secondary N) is 10. The van der Waals surface area contributed by atoms with Crippen LogP contribution in [0.4, 0.5) is 0 Å². The second kappa shape index (κ2) is 31.4. The lowest BCUT2D eigenvalue weighted by Crippen LogP contribution is -2.60. The highest BCUT2D eigenvalue weighted by Crippen LogP contribution is 2.24. The molecule has 2 aliphatic rings. The molecular weight excluding hydrogens is 1070 g/mol. The predicted octanol–water partition coefficient (Wildman–Crippen LogP) is -3.35. The van der Waals surface area contributed by atoms with Gasteiger partial charge in [-0.25, -0.2) is 0 Å². The Kier molecular flexibility index (Phi) is 25.3. The summed E-state index contributed by atoms with van der Waals surface area (Å²) in [7, 11) is 1.63. The number of amides is 10. The van der Waals surface area contributed by atoms with Crippen molar-refractivity contribution < 1.29 is 82.8 Å². The highest BCUT2D eigenvalue weighted by atomic mass is 33.1. The van der Waals surface area contributed by atoms with Crippen LogP contribution in [0.1, 0.15) is 50.2 Å². The van der Waals surface area contributed by atoms with Gasteiger partial charge in [0.25, 0.3) is 0 Å². The first-order valence-electron chi connectivity index (χ1n) is 23.9. The molecular formula is C47H60N10O17S3. The number of phenols is 1. The van der Waals surface area contributed by atoms with E-state index in [0.717, 1.165) is 33.3 Å². The van der Waals surface area contributed by atoms with Crippen LogP contribution in [0.5, 0.6) is 5.75 Å². The minimum Gasteiger partial charge on any atom is -0.508 e. The van der Waals surface area contributed by atoms with Crippen molar-refractivity contribution in [3.63, 3.8) is 0 Å². The lowest BCUT2D eigenvalue weighted by molar-refractivity contribution is -0.141. The summed E-state index contributed by atoms with van der Waals surface area (Å²) in [5.74, 6) is -16.9. The Morgan fingerprint density at radius 1 is 0.545 bits per heavy atom. The lowest BCUT2D eigenvalue weighted by Gasteiger charge is -2.26. The SMILES string of the molecule is CCCCC1NC(=O)C2CSSCC(NC(=O)C(CC(=O)O)NC(=O)CNC1=O)C(=O)NC(Cc1ccccc1)C(=O)NC(C(=O)NCC(=O)O)CSCC(=O)NC(Cc1ccc(O)cc1)C(=O)NC(CC(=O)O)C(=O)N2. The minimum atomic E-state index is -1.93. The molecule has 2 saturated heterocycles. The van der Waals surface area contributed by atoms with E-state index in [-0.39, 0.29) is 25.0 Å². The highest BCUT2D eigenvalue weighted by molar-refractivity contribution is 8.76. The molecule has 30 heteroatoms. The standard InChI is InChI=1S/C47H60N10O17S3/c1-2-3-9-27-40(67)48-18-35(59)50-30(16-37(61)62)44(71)56-34-22-77-76-21-33(46(73)52-27)57-45(72)31(17-38(63)64)54-42(69)28(15-25-10-12-26(58)13-11-25)51-36(60)23-75-20-32(41(68)49-19-39(65)66)55-43(70)29(53-47(34)74)14-24-7-5-4-6-8-24/h4-8,10-13,27-34,58H,2-3,9,14-23H2,1H3,(H,48,67)(H,49,68)(H,50,59)(H,51,60)(H,52,73)(H,53,74)(H,54,69)(H,55,70)(H,56,71)(H,57,72)(H,61,62)(H,63,64)(H,65,66). The van der Waals surface area contributed by atoms with Gasteiger partial charge >= 0.3 is 17.9 Å². The molecule has 2 bridgehead atoms. The number of carboxylic acid groups (broad SMARTS) is 3. The third-order valence-electron chi connectivity index (χ3n) is 11.3. The summed E-state index contributed by atoms with van der Waals surface area (Å²) in [4.78, 5) is 175. The number of carboxylic acids is 3. The number of phenolic OH excluding ortho intramolecular Hbond substituents is 1. The van der Waals surface area contributed by atoms with Crippen LogP contribution in [0.2, 0.25) is 0 Å². The topological polar surface area (TPSA) is 423 Å². The van der Waals surface area contributed by atoms with Gasteiger partial charge in [0.05, 0.1) is 25.1 Å². The van der Waals surface area contributed by atoms with Gasteiger partial charge in [0.2, 0.25) is 59.1 Å².